The molecule has 26 heavy (non-hydrogen) atoms. The first-order valence-electron chi connectivity index (χ1n) is 9.28. The molecule has 0 unspecified atom stereocenters. The fraction of sp³-hybridized carbons (Fsp3) is 0.381. The van der Waals surface area contributed by atoms with Gasteiger partial charge in [-0.25, -0.2) is 0 Å². The van der Waals surface area contributed by atoms with Gasteiger partial charge in [-0.1, -0.05) is 30.7 Å². The Labute approximate surface area is 157 Å². The Morgan fingerprint density at radius 2 is 2.00 bits per heavy atom. The number of amides is 1. The van der Waals surface area contributed by atoms with Gasteiger partial charge in [-0.3, -0.25) is 9.69 Å². The van der Waals surface area contributed by atoms with Crippen molar-refractivity contribution in [2.75, 3.05) is 19.6 Å². The zero-order valence-electron chi connectivity index (χ0n) is 15.0. The standard InChI is InChI=1S/C21H24N2O2S/c1-15-16-8-3-4-9-18(16)25-20(15)21(24)22-14-17(19-10-7-13-26-19)23-11-5-2-6-12-23/h3-4,7-10,13,17H,2,5-6,11-12,14H2,1H3,(H,22,24)/t17-/m0/s1. The van der Waals surface area contributed by atoms with Crippen molar-refractivity contribution in [3.63, 3.8) is 0 Å². The van der Waals surface area contributed by atoms with Gasteiger partial charge in [0.15, 0.2) is 5.76 Å². The summed E-state index contributed by atoms with van der Waals surface area (Å²) in [6.07, 6.45) is 3.77. The van der Waals surface area contributed by atoms with Crippen molar-refractivity contribution in [2.24, 2.45) is 0 Å². The van der Waals surface area contributed by atoms with E-state index in [0.29, 0.717) is 12.3 Å². The predicted octanol–water partition coefficient (Wildman–Crippen LogP) is 4.76. The van der Waals surface area contributed by atoms with Gasteiger partial charge >= 0.3 is 0 Å². The summed E-state index contributed by atoms with van der Waals surface area (Å²) in [5.41, 5.74) is 1.67. The Morgan fingerprint density at radius 3 is 2.73 bits per heavy atom. The van der Waals surface area contributed by atoms with Gasteiger partial charge in [0.2, 0.25) is 0 Å². The van der Waals surface area contributed by atoms with Crippen LogP contribution in [0.25, 0.3) is 11.0 Å². The summed E-state index contributed by atoms with van der Waals surface area (Å²) in [5, 5.41) is 6.23. The van der Waals surface area contributed by atoms with Gasteiger partial charge < -0.3 is 9.73 Å². The maximum absolute atomic E-state index is 12.8. The third-order valence-corrected chi connectivity index (χ3v) is 6.18. The number of carbonyl (C=O) groups excluding carboxylic acids is 1. The second-order valence-electron chi connectivity index (χ2n) is 6.89. The van der Waals surface area contributed by atoms with Crippen LogP contribution in [-0.2, 0) is 0 Å². The van der Waals surface area contributed by atoms with Crippen LogP contribution in [0.1, 0.15) is 46.3 Å². The summed E-state index contributed by atoms with van der Waals surface area (Å²) in [5.74, 6) is 0.298. The number of likely N-dealkylation sites (tertiary alicyclic amines) is 1. The normalized spacial score (nSPS) is 16.7. The molecular weight excluding hydrogens is 344 g/mol. The second-order valence-corrected chi connectivity index (χ2v) is 7.87. The molecule has 4 rings (SSSR count). The monoisotopic (exact) mass is 368 g/mol. The molecule has 0 radical (unpaired) electrons. The van der Waals surface area contributed by atoms with E-state index >= 15 is 0 Å². The number of carbonyl (C=O) groups is 1. The highest BCUT2D eigenvalue weighted by atomic mass is 32.1. The van der Waals surface area contributed by atoms with Crippen LogP contribution in [0.3, 0.4) is 0 Å². The molecular formula is C21H24N2O2S. The van der Waals surface area contributed by atoms with E-state index in [1.807, 2.05) is 31.2 Å². The van der Waals surface area contributed by atoms with Crippen molar-refractivity contribution in [3.05, 3.63) is 58.0 Å². The van der Waals surface area contributed by atoms with Crippen molar-refractivity contribution in [1.29, 1.82) is 0 Å². The smallest absolute Gasteiger partial charge is 0.287 e. The SMILES string of the molecule is Cc1c(C(=O)NC[C@@H](c2cccs2)N2CCCCC2)oc2ccccc12. The van der Waals surface area contributed by atoms with Crippen molar-refractivity contribution in [1.82, 2.24) is 10.2 Å². The zero-order chi connectivity index (χ0) is 17.9. The van der Waals surface area contributed by atoms with Crippen LogP contribution in [0.15, 0.2) is 46.2 Å². The fourth-order valence-electron chi connectivity index (χ4n) is 3.78. The molecule has 1 aromatic carbocycles. The predicted molar refractivity (Wildman–Crippen MR) is 106 cm³/mol. The molecule has 0 aliphatic carbocycles. The van der Waals surface area contributed by atoms with Gasteiger partial charge in [0, 0.05) is 22.4 Å². The largest absolute Gasteiger partial charge is 0.451 e. The van der Waals surface area contributed by atoms with Crippen LogP contribution in [-0.4, -0.2) is 30.4 Å². The molecule has 1 N–H and O–H groups in total. The molecule has 3 heterocycles. The molecule has 4 nitrogen and oxygen atoms in total. The number of aryl methyl sites for hydroxylation is 1. The minimum absolute atomic E-state index is 0.128. The molecule has 0 bridgehead atoms. The molecule has 136 valence electrons. The molecule has 1 aliphatic rings. The van der Waals surface area contributed by atoms with Crippen LogP contribution >= 0.6 is 11.3 Å². The molecule has 3 aromatic rings. The highest BCUT2D eigenvalue weighted by molar-refractivity contribution is 7.10. The van der Waals surface area contributed by atoms with Crippen LogP contribution in [0, 0.1) is 6.92 Å². The molecule has 1 atom stereocenters. The first kappa shape index (κ1) is 17.3. The van der Waals surface area contributed by atoms with E-state index in [1.165, 1.54) is 24.1 Å². The maximum atomic E-state index is 12.8. The zero-order valence-corrected chi connectivity index (χ0v) is 15.8. The maximum Gasteiger partial charge on any atom is 0.287 e. The van der Waals surface area contributed by atoms with E-state index in [0.717, 1.165) is 29.6 Å². The molecule has 1 saturated heterocycles. The third kappa shape index (κ3) is 3.41. The summed E-state index contributed by atoms with van der Waals surface area (Å²) < 4.78 is 5.81. The minimum atomic E-state index is -0.128. The molecule has 0 spiro atoms. The highest BCUT2D eigenvalue weighted by Gasteiger charge is 2.25. The van der Waals surface area contributed by atoms with E-state index in [2.05, 4.69) is 27.7 Å². The molecule has 2 aromatic heterocycles. The Bertz CT molecular complexity index is 879. The van der Waals surface area contributed by atoms with Crippen molar-refractivity contribution < 1.29 is 9.21 Å². The van der Waals surface area contributed by atoms with Crippen molar-refractivity contribution in [3.8, 4) is 0 Å². The Kier molecular flexibility index (Phi) is 5.09. The lowest BCUT2D eigenvalue weighted by molar-refractivity contribution is 0.0899. The van der Waals surface area contributed by atoms with E-state index in [4.69, 9.17) is 4.42 Å². The first-order valence-corrected chi connectivity index (χ1v) is 10.2. The Morgan fingerprint density at radius 1 is 1.19 bits per heavy atom. The molecule has 0 saturated carbocycles. The van der Waals surface area contributed by atoms with Gasteiger partial charge in [0.1, 0.15) is 5.58 Å². The third-order valence-electron chi connectivity index (χ3n) is 5.21. The van der Waals surface area contributed by atoms with Crippen molar-refractivity contribution >= 4 is 28.2 Å². The molecule has 1 fully saturated rings. The average molecular weight is 369 g/mol. The van der Waals surface area contributed by atoms with Gasteiger partial charge in [0.05, 0.1) is 6.04 Å². The summed E-state index contributed by atoms with van der Waals surface area (Å²) in [4.78, 5) is 16.6. The van der Waals surface area contributed by atoms with Gasteiger partial charge in [-0.05, 0) is 50.4 Å². The number of fused-ring (bicyclic) bond motifs is 1. The van der Waals surface area contributed by atoms with Gasteiger partial charge in [-0.2, -0.15) is 0 Å². The number of hydrogen-bond donors (Lipinski definition) is 1. The summed E-state index contributed by atoms with van der Waals surface area (Å²) in [6.45, 7) is 4.75. The van der Waals surface area contributed by atoms with E-state index in [9.17, 15) is 4.79 Å². The Balaban J connectivity index is 1.51. The van der Waals surface area contributed by atoms with Gasteiger partial charge in [0.25, 0.3) is 5.91 Å². The fourth-order valence-corrected chi connectivity index (χ4v) is 4.64. The summed E-state index contributed by atoms with van der Waals surface area (Å²) >= 11 is 1.76. The number of rotatable bonds is 5. The number of piperidine rings is 1. The Hall–Kier alpha value is -2.11. The van der Waals surface area contributed by atoms with Gasteiger partial charge in [-0.15, -0.1) is 11.3 Å². The number of nitrogens with one attached hydrogen (secondary N) is 1. The quantitative estimate of drug-likeness (QED) is 0.706. The topological polar surface area (TPSA) is 45.5 Å². The molecule has 1 amide bonds. The van der Waals surface area contributed by atoms with E-state index in [1.54, 1.807) is 11.3 Å². The second kappa shape index (κ2) is 7.64. The highest BCUT2D eigenvalue weighted by Crippen LogP contribution is 2.28. The number of benzene rings is 1. The number of nitrogens with zero attached hydrogens (tertiary/aromatic N) is 1. The first-order chi connectivity index (χ1) is 12.7. The van der Waals surface area contributed by atoms with Crippen LogP contribution in [0.2, 0.25) is 0 Å². The lowest BCUT2D eigenvalue weighted by Crippen LogP contribution is -2.40. The van der Waals surface area contributed by atoms with E-state index < -0.39 is 0 Å². The van der Waals surface area contributed by atoms with Crippen molar-refractivity contribution in [2.45, 2.75) is 32.2 Å². The number of furan rings is 1. The number of para-hydroxylation sites is 1. The van der Waals surface area contributed by atoms with E-state index in [-0.39, 0.29) is 11.9 Å². The molecule has 5 heteroatoms. The van der Waals surface area contributed by atoms with Crippen LogP contribution in [0.5, 0.6) is 0 Å². The summed E-state index contributed by atoms with van der Waals surface area (Å²) in [7, 11) is 0. The molecule has 1 aliphatic heterocycles. The summed E-state index contributed by atoms with van der Waals surface area (Å²) in [6, 6.07) is 12.3. The minimum Gasteiger partial charge on any atom is -0.451 e. The van der Waals surface area contributed by atoms with Crippen LogP contribution in [0.4, 0.5) is 0 Å². The number of hydrogen-bond acceptors (Lipinski definition) is 4. The lowest BCUT2D eigenvalue weighted by Gasteiger charge is -2.34. The number of thiophene rings is 1. The average Bonchev–Trinajstić information content (AvgIpc) is 3.32. The lowest BCUT2D eigenvalue weighted by atomic mass is 10.1. The van der Waals surface area contributed by atoms with Crippen LogP contribution < -0.4 is 5.32 Å².